The fourth-order valence-corrected chi connectivity index (χ4v) is 5.51. The standard InChI is InChI=1S/C26H35N7O4/c1-26(2)10-17-22(18(34)11-26)16(9-14-7-8-14)32-33(17)20-13-29-23(24(28)36)25(31-20)30-15-5-3-4-6-19(15)37-21(35)12-27/h13-15,19H,3-12,27H2,1-2H3,(H2,28,36)(H,30,31). The van der Waals surface area contributed by atoms with Crippen molar-refractivity contribution in [3.05, 3.63) is 28.8 Å². The lowest BCUT2D eigenvalue weighted by molar-refractivity contribution is -0.149. The third-order valence-corrected chi connectivity index (χ3v) is 7.48. The highest BCUT2D eigenvalue weighted by Gasteiger charge is 2.38. The van der Waals surface area contributed by atoms with Gasteiger partial charge >= 0.3 is 5.97 Å². The molecule has 11 nitrogen and oxygen atoms in total. The monoisotopic (exact) mass is 509 g/mol. The molecule has 3 aliphatic carbocycles. The van der Waals surface area contributed by atoms with Crippen LogP contribution in [0, 0.1) is 11.3 Å². The summed E-state index contributed by atoms with van der Waals surface area (Å²) >= 11 is 0. The molecule has 2 fully saturated rings. The van der Waals surface area contributed by atoms with E-state index in [1.165, 1.54) is 6.20 Å². The molecule has 2 heterocycles. The van der Waals surface area contributed by atoms with Crippen LogP contribution in [0.25, 0.3) is 5.82 Å². The minimum absolute atomic E-state index is 0.00569. The van der Waals surface area contributed by atoms with Gasteiger partial charge in [0.1, 0.15) is 6.10 Å². The highest BCUT2D eigenvalue weighted by molar-refractivity contribution is 6.00. The van der Waals surface area contributed by atoms with Crippen LogP contribution < -0.4 is 16.8 Å². The molecule has 11 heteroatoms. The van der Waals surface area contributed by atoms with E-state index in [1.807, 2.05) is 0 Å². The molecule has 2 atom stereocenters. The maximum atomic E-state index is 13.2. The molecule has 5 N–H and O–H groups in total. The molecule has 2 unspecified atom stereocenters. The zero-order chi connectivity index (χ0) is 26.3. The van der Waals surface area contributed by atoms with Gasteiger partial charge in [-0.25, -0.2) is 14.6 Å². The SMILES string of the molecule is CC1(C)CC(=O)c2c(CC3CC3)nn(-c3cnc(C(N)=O)c(NC4CCCCC4OC(=O)CN)n3)c2C1. The van der Waals surface area contributed by atoms with Crippen molar-refractivity contribution in [2.45, 2.75) is 83.8 Å². The highest BCUT2D eigenvalue weighted by Crippen LogP contribution is 2.40. The summed E-state index contributed by atoms with van der Waals surface area (Å²) in [6.45, 7) is 3.95. The second-order valence-electron chi connectivity index (χ2n) is 11.3. The minimum atomic E-state index is -0.721. The summed E-state index contributed by atoms with van der Waals surface area (Å²) in [7, 11) is 0. The van der Waals surface area contributed by atoms with Crippen molar-refractivity contribution in [3.63, 3.8) is 0 Å². The number of Topliss-reactive ketones (excluding diaryl/α,β-unsaturated/α-hetero) is 1. The summed E-state index contributed by atoms with van der Waals surface area (Å²) in [5, 5.41) is 8.13. The summed E-state index contributed by atoms with van der Waals surface area (Å²) in [4.78, 5) is 46.3. The number of aromatic nitrogens is 4. The molecule has 1 amide bonds. The molecule has 2 aromatic heterocycles. The number of anilines is 1. The first-order valence-electron chi connectivity index (χ1n) is 13.1. The summed E-state index contributed by atoms with van der Waals surface area (Å²) < 4.78 is 7.26. The van der Waals surface area contributed by atoms with Crippen LogP contribution in [0.15, 0.2) is 6.20 Å². The van der Waals surface area contributed by atoms with Crippen LogP contribution in [-0.2, 0) is 22.4 Å². The quantitative estimate of drug-likeness (QED) is 0.451. The van der Waals surface area contributed by atoms with E-state index in [1.54, 1.807) is 4.68 Å². The van der Waals surface area contributed by atoms with E-state index in [-0.39, 0.29) is 35.3 Å². The number of carbonyl (C=O) groups is 3. The van der Waals surface area contributed by atoms with E-state index < -0.39 is 18.0 Å². The van der Waals surface area contributed by atoms with Crippen LogP contribution in [0.5, 0.6) is 0 Å². The number of primary amides is 1. The average molecular weight is 510 g/mol. The molecule has 2 aromatic rings. The number of hydrogen-bond acceptors (Lipinski definition) is 9. The predicted molar refractivity (Wildman–Crippen MR) is 135 cm³/mol. The number of carbonyl (C=O) groups excluding carboxylic acids is 3. The Labute approximate surface area is 215 Å². The van der Waals surface area contributed by atoms with Gasteiger partial charge in [-0.15, -0.1) is 0 Å². The van der Waals surface area contributed by atoms with Gasteiger partial charge < -0.3 is 21.5 Å². The third-order valence-electron chi connectivity index (χ3n) is 7.48. The number of hydrogen-bond donors (Lipinski definition) is 3. The van der Waals surface area contributed by atoms with Crippen LogP contribution in [0.2, 0.25) is 0 Å². The lowest BCUT2D eigenvalue weighted by Gasteiger charge is -2.32. The summed E-state index contributed by atoms with van der Waals surface area (Å²) in [6, 6.07) is -0.274. The number of nitrogens with two attached hydrogens (primary N) is 2. The van der Waals surface area contributed by atoms with Gasteiger partial charge in [-0.1, -0.05) is 20.3 Å². The van der Waals surface area contributed by atoms with E-state index in [0.717, 1.165) is 49.9 Å². The van der Waals surface area contributed by atoms with E-state index >= 15 is 0 Å². The predicted octanol–water partition coefficient (Wildman–Crippen LogP) is 2.09. The Bertz CT molecular complexity index is 1230. The van der Waals surface area contributed by atoms with Crippen molar-refractivity contribution < 1.29 is 19.1 Å². The zero-order valence-corrected chi connectivity index (χ0v) is 21.5. The normalized spacial score (nSPS) is 22.8. The van der Waals surface area contributed by atoms with Crippen molar-refractivity contribution in [1.29, 1.82) is 0 Å². The van der Waals surface area contributed by atoms with Crippen molar-refractivity contribution in [1.82, 2.24) is 19.7 Å². The molecule has 0 bridgehead atoms. The molecule has 2 saturated carbocycles. The summed E-state index contributed by atoms with van der Waals surface area (Å²) in [5.74, 6) is 0.0891. The number of nitrogens with one attached hydrogen (secondary N) is 1. The number of ether oxygens (including phenoxy) is 1. The fraction of sp³-hybridized carbons (Fsp3) is 0.615. The third kappa shape index (κ3) is 5.36. The fourth-order valence-electron chi connectivity index (χ4n) is 5.51. The molecule has 0 saturated heterocycles. The summed E-state index contributed by atoms with van der Waals surface area (Å²) in [6.07, 6.45) is 8.55. The molecule has 0 spiro atoms. The van der Waals surface area contributed by atoms with Crippen molar-refractivity contribution >= 4 is 23.5 Å². The minimum Gasteiger partial charge on any atom is -0.459 e. The Morgan fingerprint density at radius 2 is 1.95 bits per heavy atom. The smallest absolute Gasteiger partial charge is 0.320 e. The average Bonchev–Trinajstić information content (AvgIpc) is 3.59. The van der Waals surface area contributed by atoms with E-state index in [2.05, 4.69) is 24.1 Å². The number of fused-ring (bicyclic) bond motifs is 1. The van der Waals surface area contributed by atoms with Crippen LogP contribution in [0.4, 0.5) is 5.82 Å². The van der Waals surface area contributed by atoms with Gasteiger partial charge in [-0.3, -0.25) is 14.4 Å². The Balaban J connectivity index is 1.53. The maximum Gasteiger partial charge on any atom is 0.320 e. The van der Waals surface area contributed by atoms with Crippen LogP contribution in [0.1, 0.15) is 91.0 Å². The number of rotatable bonds is 8. The molecule has 5 rings (SSSR count). The van der Waals surface area contributed by atoms with Gasteiger partial charge in [0.05, 0.1) is 35.7 Å². The lowest BCUT2D eigenvalue weighted by atomic mass is 9.75. The van der Waals surface area contributed by atoms with Crippen molar-refractivity contribution in [2.24, 2.45) is 22.8 Å². The van der Waals surface area contributed by atoms with E-state index in [0.29, 0.717) is 36.6 Å². The molecule has 37 heavy (non-hydrogen) atoms. The zero-order valence-electron chi connectivity index (χ0n) is 21.5. The van der Waals surface area contributed by atoms with Gasteiger partial charge in [0.25, 0.3) is 5.91 Å². The van der Waals surface area contributed by atoms with Crippen LogP contribution in [0.3, 0.4) is 0 Å². The Kier molecular flexibility index (Phi) is 6.74. The topological polar surface area (TPSA) is 168 Å². The number of amides is 1. The first-order chi connectivity index (χ1) is 17.6. The molecule has 0 aliphatic heterocycles. The van der Waals surface area contributed by atoms with Gasteiger partial charge in [0.15, 0.2) is 23.1 Å². The molecule has 0 aromatic carbocycles. The van der Waals surface area contributed by atoms with Crippen molar-refractivity contribution in [2.75, 3.05) is 11.9 Å². The Morgan fingerprint density at radius 1 is 1.19 bits per heavy atom. The lowest BCUT2D eigenvalue weighted by Crippen LogP contribution is -2.41. The Morgan fingerprint density at radius 3 is 2.65 bits per heavy atom. The van der Waals surface area contributed by atoms with Crippen LogP contribution in [-0.4, -0.2) is 56.1 Å². The second-order valence-corrected chi connectivity index (χ2v) is 11.3. The number of nitrogens with zero attached hydrogens (tertiary/aromatic N) is 4. The van der Waals surface area contributed by atoms with Crippen LogP contribution >= 0.6 is 0 Å². The van der Waals surface area contributed by atoms with Gasteiger partial charge in [0.2, 0.25) is 0 Å². The van der Waals surface area contributed by atoms with Gasteiger partial charge in [-0.05, 0) is 56.3 Å². The highest BCUT2D eigenvalue weighted by atomic mass is 16.5. The first-order valence-corrected chi connectivity index (χ1v) is 13.1. The molecular weight excluding hydrogens is 474 g/mol. The summed E-state index contributed by atoms with van der Waals surface area (Å²) in [5.41, 5.74) is 13.2. The Hall–Kier alpha value is -3.34. The molecule has 0 radical (unpaired) electrons. The first kappa shape index (κ1) is 25.3. The molecular formula is C26H35N7O4. The van der Waals surface area contributed by atoms with Gasteiger partial charge in [0, 0.05) is 6.42 Å². The van der Waals surface area contributed by atoms with Gasteiger partial charge in [-0.2, -0.15) is 5.10 Å². The molecule has 3 aliphatic rings. The number of esters is 1. The van der Waals surface area contributed by atoms with E-state index in [9.17, 15) is 14.4 Å². The second kappa shape index (κ2) is 9.85. The largest absolute Gasteiger partial charge is 0.459 e. The van der Waals surface area contributed by atoms with Crippen molar-refractivity contribution in [3.8, 4) is 5.82 Å². The maximum absolute atomic E-state index is 13.2. The molecule has 198 valence electrons. The van der Waals surface area contributed by atoms with E-state index in [4.69, 9.17) is 26.3 Å². The number of ketones is 1.